The zero-order valence-corrected chi connectivity index (χ0v) is 12.2. The molecule has 0 aliphatic rings. The highest BCUT2D eigenvalue weighted by atomic mass is 19.1. The third kappa shape index (κ3) is 2.92. The maximum atomic E-state index is 13.6. The van der Waals surface area contributed by atoms with Crippen LogP contribution in [0.4, 0.5) is 18.9 Å². The van der Waals surface area contributed by atoms with Gasteiger partial charge in [0.2, 0.25) is 5.91 Å². The molecule has 1 heterocycles. The quantitative estimate of drug-likeness (QED) is 0.751. The van der Waals surface area contributed by atoms with E-state index in [2.05, 4.69) is 10.3 Å². The van der Waals surface area contributed by atoms with E-state index in [0.717, 1.165) is 12.1 Å². The van der Waals surface area contributed by atoms with Gasteiger partial charge in [-0.05, 0) is 42.8 Å². The number of aryl methyl sites for hydroxylation is 1. The Balaban J connectivity index is 1.89. The van der Waals surface area contributed by atoms with Gasteiger partial charge in [0, 0.05) is 16.6 Å². The van der Waals surface area contributed by atoms with Gasteiger partial charge >= 0.3 is 0 Å². The molecule has 0 aliphatic carbocycles. The summed E-state index contributed by atoms with van der Waals surface area (Å²) >= 11 is 0. The van der Waals surface area contributed by atoms with E-state index in [0.29, 0.717) is 22.2 Å². The Morgan fingerprint density at radius 2 is 1.83 bits per heavy atom. The molecule has 2 N–H and O–H groups in total. The van der Waals surface area contributed by atoms with Gasteiger partial charge < -0.3 is 10.3 Å². The number of aromatic nitrogens is 1. The molecule has 3 aromatic rings. The van der Waals surface area contributed by atoms with Crippen LogP contribution in [0.2, 0.25) is 0 Å². The van der Waals surface area contributed by atoms with Gasteiger partial charge in [-0.3, -0.25) is 4.79 Å². The molecule has 3 nitrogen and oxygen atoms in total. The number of benzene rings is 2. The molecule has 3 rings (SSSR count). The Kier molecular flexibility index (Phi) is 3.82. The predicted octanol–water partition coefficient (Wildman–Crippen LogP) is 4.07. The highest BCUT2D eigenvalue weighted by Gasteiger charge is 2.16. The van der Waals surface area contributed by atoms with Crippen molar-refractivity contribution in [3.63, 3.8) is 0 Å². The van der Waals surface area contributed by atoms with Crippen LogP contribution in [0, 0.1) is 24.4 Å². The maximum Gasteiger partial charge on any atom is 0.229 e. The van der Waals surface area contributed by atoms with E-state index >= 15 is 0 Å². The second-order valence-corrected chi connectivity index (χ2v) is 5.24. The Hall–Kier alpha value is -2.76. The fraction of sp³-hybridized carbons (Fsp3) is 0.118. The standard InChI is InChI=1S/C17H13F3N2O/c1-9-11(12-7-10(18)5-6-15(12)21-9)8-16(23)22-17-13(19)3-2-4-14(17)20/h2-7,21H,8H2,1H3,(H,22,23). The lowest BCUT2D eigenvalue weighted by Gasteiger charge is -2.07. The van der Waals surface area contributed by atoms with Gasteiger partial charge in [-0.25, -0.2) is 13.2 Å². The normalized spacial score (nSPS) is 11.0. The zero-order chi connectivity index (χ0) is 16.6. The minimum absolute atomic E-state index is 0.122. The van der Waals surface area contributed by atoms with Crippen LogP contribution in [0.1, 0.15) is 11.3 Å². The number of fused-ring (bicyclic) bond motifs is 1. The Bertz CT molecular complexity index is 882. The summed E-state index contributed by atoms with van der Waals surface area (Å²) in [5, 5.41) is 2.80. The average Bonchev–Trinajstić information content (AvgIpc) is 2.79. The molecule has 6 heteroatoms. The number of amides is 1. The van der Waals surface area contributed by atoms with Crippen molar-refractivity contribution in [1.29, 1.82) is 0 Å². The van der Waals surface area contributed by atoms with Crippen LogP contribution < -0.4 is 5.32 Å². The van der Waals surface area contributed by atoms with E-state index < -0.39 is 29.0 Å². The molecule has 1 aromatic heterocycles. The Morgan fingerprint density at radius 1 is 1.13 bits per heavy atom. The van der Waals surface area contributed by atoms with E-state index in [4.69, 9.17) is 0 Å². The fourth-order valence-electron chi connectivity index (χ4n) is 2.54. The molecule has 0 saturated heterocycles. The van der Waals surface area contributed by atoms with Gasteiger partial charge in [0.25, 0.3) is 0 Å². The predicted molar refractivity (Wildman–Crippen MR) is 81.7 cm³/mol. The molecule has 0 spiro atoms. The summed E-state index contributed by atoms with van der Waals surface area (Å²) in [4.78, 5) is 15.2. The summed E-state index contributed by atoms with van der Waals surface area (Å²) in [6.07, 6.45) is -0.122. The van der Waals surface area contributed by atoms with Crippen molar-refractivity contribution in [3.05, 3.63) is 65.1 Å². The first-order valence-electron chi connectivity index (χ1n) is 6.96. The smallest absolute Gasteiger partial charge is 0.229 e. The van der Waals surface area contributed by atoms with Gasteiger partial charge in [-0.1, -0.05) is 6.07 Å². The second kappa shape index (κ2) is 5.79. The third-order valence-corrected chi connectivity index (χ3v) is 3.65. The first kappa shape index (κ1) is 15.1. The van der Waals surface area contributed by atoms with Gasteiger partial charge in [0.1, 0.15) is 23.1 Å². The van der Waals surface area contributed by atoms with Gasteiger partial charge in [0.15, 0.2) is 0 Å². The van der Waals surface area contributed by atoms with E-state index in [-0.39, 0.29) is 6.42 Å². The molecule has 0 aliphatic heterocycles. The maximum absolute atomic E-state index is 13.6. The molecule has 2 aromatic carbocycles. The van der Waals surface area contributed by atoms with Crippen LogP contribution >= 0.6 is 0 Å². The summed E-state index contributed by atoms with van der Waals surface area (Å²) < 4.78 is 40.5. The molecule has 1 amide bonds. The van der Waals surface area contributed by atoms with Crippen molar-refractivity contribution in [2.45, 2.75) is 13.3 Å². The second-order valence-electron chi connectivity index (χ2n) is 5.24. The molecule has 0 unspecified atom stereocenters. The lowest BCUT2D eigenvalue weighted by Crippen LogP contribution is -2.16. The molecule has 23 heavy (non-hydrogen) atoms. The highest BCUT2D eigenvalue weighted by molar-refractivity contribution is 5.96. The number of aromatic amines is 1. The van der Waals surface area contributed by atoms with Crippen molar-refractivity contribution < 1.29 is 18.0 Å². The molecular weight excluding hydrogens is 305 g/mol. The zero-order valence-electron chi connectivity index (χ0n) is 12.2. The van der Waals surface area contributed by atoms with Crippen molar-refractivity contribution in [3.8, 4) is 0 Å². The molecule has 0 fully saturated rings. The first-order chi connectivity index (χ1) is 11.0. The minimum Gasteiger partial charge on any atom is -0.358 e. The minimum atomic E-state index is -0.847. The first-order valence-corrected chi connectivity index (χ1v) is 6.96. The molecule has 0 bridgehead atoms. The van der Waals surface area contributed by atoms with Crippen LogP contribution in [0.25, 0.3) is 10.9 Å². The molecule has 0 saturated carbocycles. The number of halogens is 3. The van der Waals surface area contributed by atoms with Crippen LogP contribution in [0.3, 0.4) is 0 Å². The summed E-state index contributed by atoms with van der Waals surface area (Å²) in [5.74, 6) is -2.69. The molecular formula is C17H13F3N2O. The van der Waals surface area contributed by atoms with E-state index in [9.17, 15) is 18.0 Å². The van der Waals surface area contributed by atoms with Crippen LogP contribution in [-0.2, 0) is 11.2 Å². The number of hydrogen-bond donors (Lipinski definition) is 2. The van der Waals surface area contributed by atoms with Crippen LogP contribution in [0.5, 0.6) is 0 Å². The Labute approximate surface area is 130 Å². The van der Waals surface area contributed by atoms with Gasteiger partial charge in [-0.2, -0.15) is 0 Å². The summed E-state index contributed by atoms with van der Waals surface area (Å²) in [6, 6.07) is 7.56. The number of H-pyrrole nitrogens is 1. The lowest BCUT2D eigenvalue weighted by molar-refractivity contribution is -0.115. The summed E-state index contributed by atoms with van der Waals surface area (Å²) in [6.45, 7) is 1.75. The number of anilines is 1. The summed E-state index contributed by atoms with van der Waals surface area (Å²) in [7, 11) is 0. The monoisotopic (exact) mass is 318 g/mol. The van der Waals surface area contributed by atoms with Crippen molar-refractivity contribution in [2.75, 3.05) is 5.32 Å². The van der Waals surface area contributed by atoms with E-state index in [1.165, 1.54) is 18.2 Å². The van der Waals surface area contributed by atoms with Crippen molar-refractivity contribution in [2.24, 2.45) is 0 Å². The fourth-order valence-corrected chi connectivity index (χ4v) is 2.54. The largest absolute Gasteiger partial charge is 0.358 e. The van der Waals surface area contributed by atoms with E-state index in [1.807, 2.05) is 0 Å². The molecule has 0 radical (unpaired) electrons. The third-order valence-electron chi connectivity index (χ3n) is 3.65. The van der Waals surface area contributed by atoms with Gasteiger partial charge in [-0.15, -0.1) is 0 Å². The number of carbonyl (C=O) groups excluding carboxylic acids is 1. The van der Waals surface area contributed by atoms with Gasteiger partial charge in [0.05, 0.1) is 6.42 Å². The Morgan fingerprint density at radius 3 is 2.52 bits per heavy atom. The van der Waals surface area contributed by atoms with Crippen molar-refractivity contribution in [1.82, 2.24) is 4.98 Å². The van der Waals surface area contributed by atoms with Crippen LogP contribution in [0.15, 0.2) is 36.4 Å². The highest BCUT2D eigenvalue weighted by Crippen LogP contribution is 2.24. The summed E-state index contributed by atoms with van der Waals surface area (Å²) in [5.41, 5.74) is 1.51. The number of carbonyl (C=O) groups is 1. The SMILES string of the molecule is Cc1[nH]c2ccc(F)cc2c1CC(=O)Nc1c(F)cccc1F. The number of nitrogens with one attached hydrogen (secondary N) is 2. The number of rotatable bonds is 3. The number of para-hydroxylation sites is 1. The van der Waals surface area contributed by atoms with Crippen LogP contribution in [-0.4, -0.2) is 10.9 Å². The topological polar surface area (TPSA) is 44.9 Å². The lowest BCUT2D eigenvalue weighted by atomic mass is 10.1. The molecule has 118 valence electrons. The van der Waals surface area contributed by atoms with Crippen molar-refractivity contribution >= 4 is 22.5 Å². The van der Waals surface area contributed by atoms with E-state index in [1.54, 1.807) is 13.0 Å². The molecule has 0 atom stereocenters. The number of hydrogen-bond acceptors (Lipinski definition) is 1. The average molecular weight is 318 g/mol.